The van der Waals surface area contributed by atoms with E-state index in [9.17, 15) is 9.90 Å². The van der Waals surface area contributed by atoms with Crippen LogP contribution in [0.3, 0.4) is 0 Å². The number of aliphatic hydroxyl groups is 1. The number of carbonyl (C=O) groups is 1. The molecule has 1 aliphatic carbocycles. The minimum atomic E-state index is -0.492. The highest BCUT2D eigenvalue weighted by Gasteiger charge is 2.22. The van der Waals surface area contributed by atoms with Crippen molar-refractivity contribution in [3.05, 3.63) is 18.2 Å². The summed E-state index contributed by atoms with van der Waals surface area (Å²) in [6, 6.07) is 4.90. The molecule has 0 radical (unpaired) electrons. The summed E-state index contributed by atoms with van der Waals surface area (Å²) in [5, 5.41) is 15.6. The highest BCUT2D eigenvalue weighted by Crippen LogP contribution is 2.34. The number of amides is 2. The van der Waals surface area contributed by atoms with Crippen molar-refractivity contribution in [2.75, 3.05) is 26.1 Å². The lowest BCUT2D eigenvalue weighted by Gasteiger charge is -2.26. The third-order valence-corrected chi connectivity index (χ3v) is 4.32. The van der Waals surface area contributed by atoms with Crippen molar-refractivity contribution in [3.8, 4) is 11.5 Å². The zero-order valence-corrected chi connectivity index (χ0v) is 13.8. The van der Waals surface area contributed by atoms with E-state index in [4.69, 9.17) is 9.47 Å². The van der Waals surface area contributed by atoms with Crippen LogP contribution in [0.25, 0.3) is 0 Å². The number of nitrogens with one attached hydrogen (secondary N) is 2. The summed E-state index contributed by atoms with van der Waals surface area (Å²) in [5.41, 5.74) is 0.525. The molecule has 1 aliphatic rings. The number of hydrogen-bond donors (Lipinski definition) is 3. The van der Waals surface area contributed by atoms with Gasteiger partial charge in [0.1, 0.15) is 0 Å². The van der Waals surface area contributed by atoms with E-state index in [-0.39, 0.29) is 18.5 Å². The molecule has 0 aliphatic heterocycles. The van der Waals surface area contributed by atoms with Gasteiger partial charge in [-0.3, -0.25) is 0 Å². The van der Waals surface area contributed by atoms with E-state index in [0.717, 1.165) is 25.7 Å². The molecule has 0 saturated heterocycles. The standard InChI is InChI=1S/C17H26N2O4/c1-22-15-10-6-9-13(16(15)23-2)19-17(21)18-11-14(20)12-7-4-3-5-8-12/h6,9-10,12,14,20H,3-5,7-8,11H2,1-2H3,(H2,18,19,21). The summed E-state index contributed by atoms with van der Waals surface area (Å²) in [7, 11) is 3.07. The van der Waals surface area contributed by atoms with Crippen molar-refractivity contribution < 1.29 is 19.4 Å². The SMILES string of the molecule is COc1cccc(NC(=O)NCC(O)C2CCCCC2)c1OC. The van der Waals surface area contributed by atoms with Gasteiger partial charge in [-0.2, -0.15) is 0 Å². The fourth-order valence-corrected chi connectivity index (χ4v) is 3.03. The average molecular weight is 322 g/mol. The Morgan fingerprint density at radius 1 is 1.26 bits per heavy atom. The second-order valence-electron chi connectivity index (χ2n) is 5.84. The van der Waals surface area contributed by atoms with Crippen LogP contribution in [0.2, 0.25) is 0 Å². The molecule has 6 nitrogen and oxygen atoms in total. The van der Waals surface area contributed by atoms with Crippen LogP contribution in [0.15, 0.2) is 18.2 Å². The Hall–Kier alpha value is -1.95. The maximum Gasteiger partial charge on any atom is 0.319 e. The summed E-state index contributed by atoms with van der Waals surface area (Å²) in [6.45, 7) is 0.253. The van der Waals surface area contributed by atoms with Gasteiger partial charge < -0.3 is 25.2 Å². The van der Waals surface area contributed by atoms with Crippen LogP contribution in [0.1, 0.15) is 32.1 Å². The van der Waals surface area contributed by atoms with E-state index < -0.39 is 6.10 Å². The first-order chi connectivity index (χ1) is 11.2. The maximum absolute atomic E-state index is 12.0. The second-order valence-corrected chi connectivity index (χ2v) is 5.84. The Labute approximate surface area is 137 Å². The van der Waals surface area contributed by atoms with Crippen LogP contribution in [0, 0.1) is 5.92 Å². The lowest BCUT2D eigenvalue weighted by molar-refractivity contribution is 0.0863. The Morgan fingerprint density at radius 2 is 2.00 bits per heavy atom. The largest absolute Gasteiger partial charge is 0.493 e. The van der Waals surface area contributed by atoms with Gasteiger partial charge in [0.2, 0.25) is 0 Å². The average Bonchev–Trinajstić information content (AvgIpc) is 2.60. The first-order valence-corrected chi connectivity index (χ1v) is 8.09. The molecule has 0 heterocycles. The van der Waals surface area contributed by atoms with Crippen molar-refractivity contribution in [1.29, 1.82) is 0 Å². The predicted octanol–water partition coefficient (Wildman–Crippen LogP) is 2.77. The molecule has 23 heavy (non-hydrogen) atoms. The highest BCUT2D eigenvalue weighted by atomic mass is 16.5. The Morgan fingerprint density at radius 3 is 2.65 bits per heavy atom. The number of ether oxygens (including phenoxy) is 2. The zero-order chi connectivity index (χ0) is 16.7. The molecule has 1 unspecified atom stereocenters. The predicted molar refractivity (Wildman–Crippen MR) is 89.1 cm³/mol. The van der Waals surface area contributed by atoms with Crippen molar-refractivity contribution in [1.82, 2.24) is 5.32 Å². The van der Waals surface area contributed by atoms with Gasteiger partial charge in [-0.15, -0.1) is 0 Å². The number of urea groups is 1. The van der Waals surface area contributed by atoms with E-state index in [0.29, 0.717) is 17.2 Å². The maximum atomic E-state index is 12.0. The summed E-state index contributed by atoms with van der Waals surface area (Å²) in [5.74, 6) is 1.31. The third kappa shape index (κ3) is 4.76. The van der Waals surface area contributed by atoms with Gasteiger partial charge in [-0.05, 0) is 30.9 Å². The van der Waals surface area contributed by atoms with Crippen LogP contribution in [-0.2, 0) is 0 Å². The van der Waals surface area contributed by atoms with Crippen molar-refractivity contribution in [3.63, 3.8) is 0 Å². The smallest absolute Gasteiger partial charge is 0.319 e. The zero-order valence-electron chi connectivity index (χ0n) is 13.8. The topological polar surface area (TPSA) is 79.8 Å². The molecule has 2 rings (SSSR count). The molecule has 1 aromatic carbocycles. The fraction of sp³-hybridized carbons (Fsp3) is 0.588. The normalized spacial score (nSPS) is 16.5. The van der Waals surface area contributed by atoms with Crippen LogP contribution >= 0.6 is 0 Å². The van der Waals surface area contributed by atoms with E-state index in [1.165, 1.54) is 13.5 Å². The van der Waals surface area contributed by atoms with E-state index in [1.807, 2.05) is 0 Å². The summed E-state index contributed by atoms with van der Waals surface area (Å²) in [6.07, 6.45) is 5.15. The number of benzene rings is 1. The molecule has 6 heteroatoms. The summed E-state index contributed by atoms with van der Waals surface area (Å²) >= 11 is 0. The number of methoxy groups -OCH3 is 2. The molecule has 1 saturated carbocycles. The van der Waals surface area contributed by atoms with Gasteiger partial charge in [0.25, 0.3) is 0 Å². The molecule has 0 bridgehead atoms. The molecule has 3 N–H and O–H groups in total. The molecule has 0 aromatic heterocycles. The molecule has 1 fully saturated rings. The van der Waals surface area contributed by atoms with E-state index >= 15 is 0 Å². The Balaban J connectivity index is 1.87. The number of carbonyl (C=O) groups excluding carboxylic acids is 1. The fourth-order valence-electron chi connectivity index (χ4n) is 3.03. The van der Waals surface area contributed by atoms with E-state index in [2.05, 4.69) is 10.6 Å². The van der Waals surface area contributed by atoms with Crippen molar-refractivity contribution >= 4 is 11.7 Å². The van der Waals surface area contributed by atoms with Crippen LogP contribution in [0.5, 0.6) is 11.5 Å². The number of para-hydroxylation sites is 1. The first kappa shape index (κ1) is 17.4. The van der Waals surface area contributed by atoms with Crippen LogP contribution < -0.4 is 20.1 Å². The lowest BCUT2D eigenvalue weighted by atomic mass is 9.85. The number of hydrogen-bond acceptors (Lipinski definition) is 4. The van der Waals surface area contributed by atoms with Gasteiger partial charge in [0.15, 0.2) is 11.5 Å². The van der Waals surface area contributed by atoms with Crippen LogP contribution in [-0.4, -0.2) is 38.0 Å². The van der Waals surface area contributed by atoms with Gasteiger partial charge in [0.05, 0.1) is 26.0 Å². The van der Waals surface area contributed by atoms with E-state index in [1.54, 1.807) is 25.3 Å². The molecule has 0 spiro atoms. The first-order valence-electron chi connectivity index (χ1n) is 8.09. The minimum Gasteiger partial charge on any atom is -0.493 e. The second kappa shape index (κ2) is 8.62. The molecule has 128 valence electrons. The summed E-state index contributed by atoms with van der Waals surface area (Å²) < 4.78 is 10.5. The van der Waals surface area contributed by atoms with Crippen LogP contribution in [0.4, 0.5) is 10.5 Å². The highest BCUT2D eigenvalue weighted by molar-refractivity contribution is 5.91. The monoisotopic (exact) mass is 322 g/mol. The molecular formula is C17H26N2O4. The third-order valence-electron chi connectivity index (χ3n) is 4.32. The number of aliphatic hydroxyl groups excluding tert-OH is 1. The van der Waals surface area contributed by atoms with Gasteiger partial charge in [-0.1, -0.05) is 25.3 Å². The molecule has 2 amide bonds. The minimum absolute atomic E-state index is 0.253. The lowest BCUT2D eigenvalue weighted by Crippen LogP contribution is -2.39. The Bertz CT molecular complexity index is 515. The van der Waals surface area contributed by atoms with Crippen molar-refractivity contribution in [2.24, 2.45) is 5.92 Å². The number of anilines is 1. The molecular weight excluding hydrogens is 296 g/mol. The Kier molecular flexibility index (Phi) is 6.52. The van der Waals surface area contributed by atoms with Crippen molar-refractivity contribution in [2.45, 2.75) is 38.2 Å². The van der Waals surface area contributed by atoms with Gasteiger partial charge in [0, 0.05) is 6.54 Å². The van der Waals surface area contributed by atoms with Gasteiger partial charge in [-0.25, -0.2) is 4.79 Å². The molecule has 1 atom stereocenters. The van der Waals surface area contributed by atoms with Gasteiger partial charge >= 0.3 is 6.03 Å². The quantitative estimate of drug-likeness (QED) is 0.752. The molecule has 1 aromatic rings. The summed E-state index contributed by atoms with van der Waals surface area (Å²) in [4.78, 5) is 12.0. The number of rotatable bonds is 6.